The number of hydrogen-bond acceptors (Lipinski definition) is 2. The van der Waals surface area contributed by atoms with E-state index in [9.17, 15) is 9.18 Å². The smallest absolute Gasteiger partial charge is 0.332 e. The minimum atomic E-state index is -0.490. The Balaban J connectivity index is 1.71. The maximum absolute atomic E-state index is 13.0. The third-order valence-electron chi connectivity index (χ3n) is 2.68. The van der Waals surface area contributed by atoms with Crippen LogP contribution in [-0.4, -0.2) is 6.03 Å². The number of halogens is 2. The summed E-state index contributed by atoms with van der Waals surface area (Å²) in [5.74, 6) is -0.490. The summed E-state index contributed by atoms with van der Waals surface area (Å²) in [6.45, 7) is 0.497. The van der Waals surface area contributed by atoms with E-state index in [4.69, 9.17) is 16.4 Å². The van der Waals surface area contributed by atoms with E-state index in [1.807, 2.05) is 30.3 Å². The molecule has 2 aromatic rings. The Morgan fingerprint density at radius 1 is 1.14 bits per heavy atom. The Hall–Kier alpha value is -2.11. The van der Waals surface area contributed by atoms with Crippen LogP contribution in [0.4, 0.5) is 9.18 Å². The number of benzene rings is 2. The number of hydrogen-bond donors (Lipinski definition) is 2. The first-order chi connectivity index (χ1) is 10.1. The van der Waals surface area contributed by atoms with E-state index in [-0.39, 0.29) is 18.2 Å². The van der Waals surface area contributed by atoms with E-state index < -0.39 is 11.8 Å². The SMILES string of the molecule is O=C(NCc1ccc(F)c(Cl)c1)NOCc1ccccc1. The average molecular weight is 309 g/mol. The number of nitrogens with one attached hydrogen (secondary N) is 2. The van der Waals surface area contributed by atoms with Crippen molar-refractivity contribution in [3.05, 3.63) is 70.5 Å². The zero-order valence-corrected chi connectivity index (χ0v) is 11.9. The number of amides is 2. The lowest BCUT2D eigenvalue weighted by molar-refractivity contribution is 0.0490. The van der Waals surface area contributed by atoms with Crippen molar-refractivity contribution in [2.45, 2.75) is 13.2 Å². The Morgan fingerprint density at radius 3 is 2.62 bits per heavy atom. The molecule has 21 heavy (non-hydrogen) atoms. The molecule has 6 heteroatoms. The standard InChI is InChI=1S/C15H14ClFN2O2/c16-13-8-12(6-7-14(13)17)9-18-15(20)19-21-10-11-4-2-1-3-5-11/h1-8H,9-10H2,(H2,18,19,20). The number of rotatable bonds is 5. The minimum absolute atomic E-state index is 0.0232. The second kappa shape index (κ2) is 7.61. The molecule has 0 spiro atoms. The highest BCUT2D eigenvalue weighted by Crippen LogP contribution is 2.15. The second-order valence-electron chi connectivity index (χ2n) is 4.31. The molecule has 0 saturated heterocycles. The molecule has 0 heterocycles. The molecule has 4 nitrogen and oxygen atoms in total. The van der Waals surface area contributed by atoms with Crippen molar-refractivity contribution in [1.29, 1.82) is 0 Å². The van der Waals surface area contributed by atoms with Gasteiger partial charge in [-0.15, -0.1) is 0 Å². The summed E-state index contributed by atoms with van der Waals surface area (Å²) >= 11 is 5.65. The van der Waals surface area contributed by atoms with Crippen molar-refractivity contribution < 1.29 is 14.0 Å². The summed E-state index contributed by atoms with van der Waals surface area (Å²) < 4.78 is 13.0. The van der Waals surface area contributed by atoms with Crippen LogP contribution in [0.15, 0.2) is 48.5 Å². The summed E-state index contributed by atoms with van der Waals surface area (Å²) in [6, 6.07) is 13.2. The van der Waals surface area contributed by atoms with Crippen molar-refractivity contribution in [1.82, 2.24) is 10.8 Å². The fraction of sp³-hybridized carbons (Fsp3) is 0.133. The lowest BCUT2D eigenvalue weighted by Crippen LogP contribution is -2.34. The highest BCUT2D eigenvalue weighted by atomic mass is 35.5. The number of urea groups is 1. The van der Waals surface area contributed by atoms with Crippen LogP contribution in [0.1, 0.15) is 11.1 Å². The zero-order chi connectivity index (χ0) is 15.1. The summed E-state index contributed by atoms with van der Waals surface area (Å²) in [4.78, 5) is 16.6. The van der Waals surface area contributed by atoms with Crippen LogP contribution in [0, 0.1) is 5.82 Å². The molecular weight excluding hydrogens is 295 g/mol. The van der Waals surface area contributed by atoms with Crippen LogP contribution in [0.3, 0.4) is 0 Å². The summed E-state index contributed by atoms with van der Waals surface area (Å²) in [6.07, 6.45) is 0. The lowest BCUT2D eigenvalue weighted by Gasteiger charge is -2.08. The largest absolute Gasteiger partial charge is 0.338 e. The van der Waals surface area contributed by atoms with Gasteiger partial charge < -0.3 is 5.32 Å². The summed E-state index contributed by atoms with van der Waals surface area (Å²) in [5, 5.41) is 2.60. The Bertz CT molecular complexity index is 608. The van der Waals surface area contributed by atoms with E-state index >= 15 is 0 Å². The van der Waals surface area contributed by atoms with Gasteiger partial charge in [0.05, 0.1) is 11.6 Å². The molecule has 2 aromatic carbocycles. The van der Waals surface area contributed by atoms with Gasteiger partial charge in [-0.05, 0) is 23.3 Å². The molecule has 0 fully saturated rings. The molecule has 0 bridgehead atoms. The molecule has 0 unspecified atom stereocenters. The Kier molecular flexibility index (Phi) is 5.54. The van der Waals surface area contributed by atoms with Crippen LogP contribution in [0.2, 0.25) is 5.02 Å². The molecule has 0 aliphatic carbocycles. The molecule has 0 saturated carbocycles. The van der Waals surface area contributed by atoms with Crippen LogP contribution in [0.5, 0.6) is 0 Å². The predicted molar refractivity (Wildman–Crippen MR) is 78.0 cm³/mol. The van der Waals surface area contributed by atoms with Crippen molar-refractivity contribution in [2.24, 2.45) is 0 Å². The number of carbonyl (C=O) groups is 1. The predicted octanol–water partition coefficient (Wildman–Crippen LogP) is 3.41. The maximum Gasteiger partial charge on any atom is 0.338 e. The molecule has 0 atom stereocenters. The quantitative estimate of drug-likeness (QED) is 0.832. The highest BCUT2D eigenvalue weighted by Gasteiger charge is 2.03. The van der Waals surface area contributed by atoms with Crippen molar-refractivity contribution in [3.63, 3.8) is 0 Å². The van der Waals surface area contributed by atoms with E-state index in [1.54, 1.807) is 6.07 Å². The van der Waals surface area contributed by atoms with Crippen molar-refractivity contribution in [3.8, 4) is 0 Å². The van der Waals surface area contributed by atoms with Gasteiger partial charge in [0.2, 0.25) is 0 Å². The topological polar surface area (TPSA) is 50.4 Å². The lowest BCUT2D eigenvalue weighted by atomic mass is 10.2. The molecule has 2 amide bonds. The molecule has 0 aliphatic heterocycles. The van der Waals surface area contributed by atoms with Gasteiger partial charge in [-0.1, -0.05) is 48.0 Å². The second-order valence-corrected chi connectivity index (χ2v) is 4.71. The molecule has 0 aliphatic rings. The number of hydroxylamine groups is 1. The van der Waals surface area contributed by atoms with Gasteiger partial charge in [0.15, 0.2) is 0 Å². The van der Waals surface area contributed by atoms with E-state index in [2.05, 4.69) is 10.8 Å². The van der Waals surface area contributed by atoms with Gasteiger partial charge in [0, 0.05) is 6.54 Å². The first-order valence-corrected chi connectivity index (χ1v) is 6.66. The molecule has 0 aromatic heterocycles. The van der Waals surface area contributed by atoms with Gasteiger partial charge in [-0.3, -0.25) is 4.84 Å². The Morgan fingerprint density at radius 2 is 1.90 bits per heavy atom. The van der Waals surface area contributed by atoms with E-state index in [0.29, 0.717) is 5.56 Å². The number of carbonyl (C=O) groups excluding carboxylic acids is 1. The summed E-state index contributed by atoms with van der Waals surface area (Å²) in [5.41, 5.74) is 3.91. The van der Waals surface area contributed by atoms with Crippen LogP contribution < -0.4 is 10.8 Å². The van der Waals surface area contributed by atoms with Gasteiger partial charge >= 0.3 is 6.03 Å². The summed E-state index contributed by atoms with van der Waals surface area (Å²) in [7, 11) is 0. The monoisotopic (exact) mass is 308 g/mol. The molecular formula is C15H14ClFN2O2. The van der Waals surface area contributed by atoms with Gasteiger partial charge in [-0.25, -0.2) is 14.7 Å². The fourth-order valence-electron chi connectivity index (χ4n) is 1.63. The van der Waals surface area contributed by atoms with Crippen LogP contribution in [0.25, 0.3) is 0 Å². The normalized spacial score (nSPS) is 10.2. The van der Waals surface area contributed by atoms with E-state index in [1.165, 1.54) is 12.1 Å². The third-order valence-corrected chi connectivity index (χ3v) is 2.97. The van der Waals surface area contributed by atoms with Crippen molar-refractivity contribution in [2.75, 3.05) is 0 Å². The minimum Gasteiger partial charge on any atom is -0.332 e. The first kappa shape index (κ1) is 15.3. The Labute approximate surface area is 126 Å². The fourth-order valence-corrected chi connectivity index (χ4v) is 1.83. The highest BCUT2D eigenvalue weighted by molar-refractivity contribution is 6.30. The zero-order valence-electron chi connectivity index (χ0n) is 11.1. The van der Waals surface area contributed by atoms with Gasteiger partial charge in [0.1, 0.15) is 5.82 Å². The van der Waals surface area contributed by atoms with Crippen LogP contribution in [-0.2, 0) is 18.0 Å². The van der Waals surface area contributed by atoms with Gasteiger partial charge in [-0.2, -0.15) is 0 Å². The molecule has 2 rings (SSSR count). The van der Waals surface area contributed by atoms with E-state index in [0.717, 1.165) is 5.56 Å². The molecule has 0 radical (unpaired) electrons. The molecule has 2 N–H and O–H groups in total. The van der Waals surface area contributed by atoms with Crippen LogP contribution >= 0.6 is 11.6 Å². The first-order valence-electron chi connectivity index (χ1n) is 6.28. The van der Waals surface area contributed by atoms with Gasteiger partial charge in [0.25, 0.3) is 0 Å². The maximum atomic E-state index is 13.0. The third kappa shape index (κ3) is 5.06. The van der Waals surface area contributed by atoms with Crippen molar-refractivity contribution >= 4 is 17.6 Å². The average Bonchev–Trinajstić information content (AvgIpc) is 2.49. The molecule has 110 valence electrons.